The van der Waals surface area contributed by atoms with E-state index in [0.717, 1.165) is 19.3 Å². The van der Waals surface area contributed by atoms with Crippen LogP contribution in [0.4, 0.5) is 5.69 Å². The van der Waals surface area contributed by atoms with Crippen LogP contribution in [0.3, 0.4) is 0 Å². The summed E-state index contributed by atoms with van der Waals surface area (Å²) in [5.74, 6) is -0.276. The van der Waals surface area contributed by atoms with Gasteiger partial charge in [-0.25, -0.2) is 0 Å². The molecule has 1 aliphatic rings. The van der Waals surface area contributed by atoms with Gasteiger partial charge in [0.05, 0.1) is 5.69 Å². The molecule has 6 heteroatoms. The van der Waals surface area contributed by atoms with Gasteiger partial charge in [-0.2, -0.15) is 0 Å². The molecule has 1 heterocycles. The lowest BCUT2D eigenvalue weighted by atomic mass is 9.80. The van der Waals surface area contributed by atoms with Crippen molar-refractivity contribution in [3.05, 3.63) is 28.7 Å². The summed E-state index contributed by atoms with van der Waals surface area (Å²) in [5.41, 5.74) is 0.303. The van der Waals surface area contributed by atoms with Gasteiger partial charge in [-0.05, 0) is 44.1 Å². The molecule has 126 valence electrons. The van der Waals surface area contributed by atoms with Crippen LogP contribution in [0.5, 0.6) is 0 Å². The Morgan fingerprint density at radius 3 is 2.61 bits per heavy atom. The number of carbonyl (C=O) groups is 2. The maximum Gasteiger partial charge on any atom is 0.313 e. The van der Waals surface area contributed by atoms with Crippen molar-refractivity contribution in [3.8, 4) is 0 Å². The van der Waals surface area contributed by atoms with Crippen molar-refractivity contribution < 1.29 is 9.59 Å². The molecule has 0 spiro atoms. The maximum atomic E-state index is 12.1. The minimum Gasteiger partial charge on any atom is -0.345 e. The molecule has 1 fully saturated rings. The third kappa shape index (κ3) is 4.43. The molecule has 3 atom stereocenters. The summed E-state index contributed by atoms with van der Waals surface area (Å²) >= 11 is 0. The van der Waals surface area contributed by atoms with Gasteiger partial charge >= 0.3 is 11.8 Å². The van der Waals surface area contributed by atoms with E-state index in [2.05, 4.69) is 24.5 Å². The fourth-order valence-corrected chi connectivity index (χ4v) is 3.15. The molecule has 0 unspecified atom stereocenters. The number of hydrogen-bond donors (Lipinski definition) is 2. The fourth-order valence-electron chi connectivity index (χ4n) is 3.15. The molecule has 1 aliphatic carbocycles. The van der Waals surface area contributed by atoms with E-state index >= 15 is 0 Å². The highest BCUT2D eigenvalue weighted by atomic mass is 16.2. The van der Waals surface area contributed by atoms with Gasteiger partial charge in [0.2, 0.25) is 0 Å². The zero-order valence-electron chi connectivity index (χ0n) is 14.0. The van der Waals surface area contributed by atoms with E-state index in [0.29, 0.717) is 24.1 Å². The van der Waals surface area contributed by atoms with E-state index in [-0.39, 0.29) is 11.6 Å². The summed E-state index contributed by atoms with van der Waals surface area (Å²) < 4.78 is 1.47. The summed E-state index contributed by atoms with van der Waals surface area (Å²) in [5, 5.41) is 5.38. The Morgan fingerprint density at radius 1 is 1.22 bits per heavy atom. The summed E-state index contributed by atoms with van der Waals surface area (Å²) in [6, 6.07) is 2.93. The minimum atomic E-state index is -0.697. The number of rotatable bonds is 3. The third-order valence-corrected chi connectivity index (χ3v) is 4.54. The van der Waals surface area contributed by atoms with Gasteiger partial charge in [0, 0.05) is 24.8 Å². The lowest BCUT2D eigenvalue weighted by molar-refractivity contribution is -0.137. The van der Waals surface area contributed by atoms with Gasteiger partial charge in [0.25, 0.3) is 5.56 Å². The molecule has 1 saturated carbocycles. The van der Waals surface area contributed by atoms with Gasteiger partial charge < -0.3 is 15.2 Å². The first-order chi connectivity index (χ1) is 10.9. The van der Waals surface area contributed by atoms with Crippen molar-refractivity contribution in [1.82, 2.24) is 9.88 Å². The first-order valence-corrected chi connectivity index (χ1v) is 8.23. The molecule has 1 aromatic rings. The lowest BCUT2D eigenvalue weighted by Crippen LogP contribution is -2.46. The highest BCUT2D eigenvalue weighted by molar-refractivity contribution is 6.39. The summed E-state index contributed by atoms with van der Waals surface area (Å²) in [6.45, 7) is 6.66. The molecule has 0 bridgehead atoms. The first-order valence-electron chi connectivity index (χ1n) is 8.23. The van der Waals surface area contributed by atoms with E-state index in [9.17, 15) is 14.4 Å². The highest BCUT2D eigenvalue weighted by Gasteiger charge is 2.28. The predicted molar refractivity (Wildman–Crippen MR) is 89.1 cm³/mol. The number of nitrogens with one attached hydrogen (secondary N) is 2. The van der Waals surface area contributed by atoms with Crippen LogP contribution in [0.1, 0.15) is 40.0 Å². The number of anilines is 1. The Morgan fingerprint density at radius 2 is 1.96 bits per heavy atom. The Balaban J connectivity index is 1.95. The molecular formula is C17H25N3O3. The number of amides is 2. The van der Waals surface area contributed by atoms with Gasteiger partial charge in [-0.1, -0.05) is 13.8 Å². The average Bonchev–Trinajstić information content (AvgIpc) is 2.51. The van der Waals surface area contributed by atoms with E-state index in [1.807, 2.05) is 6.92 Å². The quantitative estimate of drug-likeness (QED) is 0.833. The number of hydrogen-bond acceptors (Lipinski definition) is 3. The molecule has 2 rings (SSSR count). The van der Waals surface area contributed by atoms with E-state index in [4.69, 9.17) is 0 Å². The highest BCUT2D eigenvalue weighted by Crippen LogP contribution is 2.28. The van der Waals surface area contributed by atoms with Crippen molar-refractivity contribution >= 4 is 17.5 Å². The molecule has 0 saturated heterocycles. The summed E-state index contributed by atoms with van der Waals surface area (Å²) in [7, 11) is 0. The Hall–Kier alpha value is -2.11. The second-order valence-electron chi connectivity index (χ2n) is 6.47. The second-order valence-corrected chi connectivity index (χ2v) is 6.47. The van der Waals surface area contributed by atoms with Crippen molar-refractivity contribution in [1.29, 1.82) is 0 Å². The molecule has 23 heavy (non-hydrogen) atoms. The molecule has 2 N–H and O–H groups in total. The van der Waals surface area contributed by atoms with Crippen LogP contribution in [-0.4, -0.2) is 22.4 Å². The number of aromatic nitrogens is 1. The van der Waals surface area contributed by atoms with Gasteiger partial charge in [0.15, 0.2) is 0 Å². The van der Waals surface area contributed by atoms with Gasteiger partial charge in [-0.15, -0.1) is 0 Å². The average molecular weight is 319 g/mol. The molecule has 1 aromatic heterocycles. The number of nitrogens with zero attached hydrogens (tertiary/aromatic N) is 1. The zero-order chi connectivity index (χ0) is 17.0. The van der Waals surface area contributed by atoms with Crippen LogP contribution in [0.25, 0.3) is 0 Å². The second kappa shape index (κ2) is 7.44. The van der Waals surface area contributed by atoms with Crippen molar-refractivity contribution in [3.63, 3.8) is 0 Å². The smallest absolute Gasteiger partial charge is 0.313 e. The summed E-state index contributed by atoms with van der Waals surface area (Å²) in [6.07, 6.45) is 4.58. The van der Waals surface area contributed by atoms with Crippen molar-refractivity contribution in [2.75, 3.05) is 5.32 Å². The van der Waals surface area contributed by atoms with Gasteiger partial charge in [0.1, 0.15) is 0 Å². The van der Waals surface area contributed by atoms with Crippen LogP contribution >= 0.6 is 0 Å². The van der Waals surface area contributed by atoms with Crippen LogP contribution in [-0.2, 0) is 16.1 Å². The molecule has 6 nitrogen and oxygen atoms in total. The van der Waals surface area contributed by atoms with E-state index in [1.165, 1.54) is 16.7 Å². The maximum absolute atomic E-state index is 12.1. The standard InChI is InChI=1S/C17H25N3O3/c1-4-20-10-13(6-8-15(20)21)18-16(22)17(23)19-14-7-5-11(2)9-12(14)3/h6,8,10-12,14H,4-5,7,9H2,1-3H3,(H,18,22)(H,19,23)/t11-,12-,14+/m0/s1. The fraction of sp³-hybridized carbons (Fsp3) is 0.588. The normalized spacial score (nSPS) is 24.0. The Kier molecular flexibility index (Phi) is 5.58. The first kappa shape index (κ1) is 17.2. The van der Waals surface area contributed by atoms with Gasteiger partial charge in [-0.3, -0.25) is 14.4 Å². The number of carbonyl (C=O) groups excluding carboxylic acids is 2. The molecule has 0 radical (unpaired) electrons. The molecular weight excluding hydrogens is 294 g/mol. The lowest BCUT2D eigenvalue weighted by Gasteiger charge is -2.32. The number of aryl methyl sites for hydroxylation is 1. The number of pyridine rings is 1. The zero-order valence-corrected chi connectivity index (χ0v) is 14.0. The predicted octanol–water partition coefficient (Wildman–Crippen LogP) is 1.75. The van der Waals surface area contributed by atoms with E-state index in [1.54, 1.807) is 6.20 Å². The molecule has 0 aliphatic heterocycles. The monoisotopic (exact) mass is 319 g/mol. The van der Waals surface area contributed by atoms with Crippen LogP contribution in [0, 0.1) is 11.8 Å². The third-order valence-electron chi connectivity index (χ3n) is 4.54. The van der Waals surface area contributed by atoms with Crippen molar-refractivity contribution in [2.24, 2.45) is 11.8 Å². The topological polar surface area (TPSA) is 80.2 Å². The Labute approximate surface area is 136 Å². The van der Waals surface area contributed by atoms with Crippen LogP contribution in [0.15, 0.2) is 23.1 Å². The molecule has 2 amide bonds. The van der Waals surface area contributed by atoms with Crippen molar-refractivity contribution in [2.45, 2.75) is 52.6 Å². The van der Waals surface area contributed by atoms with Crippen LogP contribution < -0.4 is 16.2 Å². The summed E-state index contributed by atoms with van der Waals surface area (Å²) in [4.78, 5) is 35.6. The van der Waals surface area contributed by atoms with Crippen LogP contribution in [0.2, 0.25) is 0 Å². The Bertz CT molecular complexity index is 638. The minimum absolute atomic E-state index is 0.0500. The van der Waals surface area contributed by atoms with E-state index < -0.39 is 11.8 Å². The molecule has 0 aromatic carbocycles. The largest absolute Gasteiger partial charge is 0.345 e. The SMILES string of the molecule is CCn1cc(NC(=O)C(=O)N[C@@H]2CC[C@H](C)C[C@@H]2C)ccc1=O.